The Bertz CT molecular complexity index is 838. The van der Waals surface area contributed by atoms with E-state index in [1.807, 2.05) is 0 Å². The van der Waals surface area contributed by atoms with Gasteiger partial charge in [0.05, 0.1) is 17.0 Å². The Labute approximate surface area is 138 Å². The largest absolute Gasteiger partial charge is 0.311 e. The SMILES string of the molecule is CN(C(=O)c1ccc(Cl)c(NS(C)(=O)=O)c1)c1ccc(F)cc1. The number of nitrogens with one attached hydrogen (secondary N) is 1. The summed E-state index contributed by atoms with van der Waals surface area (Å²) in [6.07, 6.45) is 0.989. The smallest absolute Gasteiger partial charge is 0.258 e. The zero-order chi connectivity index (χ0) is 17.2. The van der Waals surface area contributed by atoms with E-state index in [1.54, 1.807) is 0 Å². The van der Waals surface area contributed by atoms with Crippen molar-refractivity contribution < 1.29 is 17.6 Å². The summed E-state index contributed by atoms with van der Waals surface area (Å²) in [5.74, 6) is -0.787. The van der Waals surface area contributed by atoms with Crippen molar-refractivity contribution in [2.75, 3.05) is 22.9 Å². The molecule has 0 heterocycles. The van der Waals surface area contributed by atoms with Crippen LogP contribution >= 0.6 is 11.6 Å². The number of benzene rings is 2. The minimum atomic E-state index is -3.52. The van der Waals surface area contributed by atoms with E-state index in [-0.39, 0.29) is 22.2 Å². The Morgan fingerprint density at radius 3 is 2.35 bits per heavy atom. The highest BCUT2D eigenvalue weighted by Gasteiger charge is 2.16. The Kier molecular flexibility index (Phi) is 4.91. The van der Waals surface area contributed by atoms with Crippen LogP contribution in [0.25, 0.3) is 0 Å². The van der Waals surface area contributed by atoms with Gasteiger partial charge in [0.15, 0.2) is 0 Å². The lowest BCUT2D eigenvalue weighted by molar-refractivity contribution is 0.0993. The monoisotopic (exact) mass is 356 g/mol. The van der Waals surface area contributed by atoms with Gasteiger partial charge in [-0.25, -0.2) is 12.8 Å². The summed E-state index contributed by atoms with van der Waals surface area (Å²) in [6.45, 7) is 0. The fourth-order valence-corrected chi connectivity index (χ4v) is 2.70. The molecular weight excluding hydrogens is 343 g/mol. The van der Waals surface area contributed by atoms with E-state index in [1.165, 1.54) is 54.4 Å². The molecule has 8 heteroatoms. The number of nitrogens with zero attached hydrogens (tertiary/aromatic N) is 1. The number of rotatable bonds is 4. The maximum atomic E-state index is 12.9. The van der Waals surface area contributed by atoms with Crippen molar-refractivity contribution in [3.63, 3.8) is 0 Å². The molecule has 0 aliphatic carbocycles. The Balaban J connectivity index is 2.32. The van der Waals surface area contributed by atoms with Crippen molar-refractivity contribution in [2.45, 2.75) is 0 Å². The van der Waals surface area contributed by atoms with Crippen molar-refractivity contribution in [1.29, 1.82) is 0 Å². The van der Waals surface area contributed by atoms with Gasteiger partial charge in [-0.3, -0.25) is 9.52 Å². The summed E-state index contributed by atoms with van der Waals surface area (Å²) in [5, 5.41) is 0.177. The molecule has 1 amide bonds. The highest BCUT2D eigenvalue weighted by Crippen LogP contribution is 2.25. The number of sulfonamides is 1. The van der Waals surface area contributed by atoms with E-state index in [0.29, 0.717) is 5.69 Å². The second kappa shape index (κ2) is 6.55. The Morgan fingerprint density at radius 2 is 1.78 bits per heavy atom. The third-order valence-electron chi connectivity index (χ3n) is 3.03. The summed E-state index contributed by atoms with van der Waals surface area (Å²) < 4.78 is 37.8. The highest BCUT2D eigenvalue weighted by atomic mass is 35.5. The Morgan fingerprint density at radius 1 is 1.17 bits per heavy atom. The number of amides is 1. The molecule has 0 fully saturated rings. The summed E-state index contributed by atoms with van der Waals surface area (Å²) in [5.41, 5.74) is 0.865. The number of carbonyl (C=O) groups excluding carboxylic acids is 1. The van der Waals surface area contributed by atoms with Gasteiger partial charge < -0.3 is 4.90 Å². The second-order valence-corrected chi connectivity index (χ2v) is 7.07. The molecule has 2 aromatic carbocycles. The van der Waals surface area contributed by atoms with Gasteiger partial charge in [-0.2, -0.15) is 0 Å². The number of hydrogen-bond donors (Lipinski definition) is 1. The third kappa shape index (κ3) is 4.43. The molecule has 0 radical (unpaired) electrons. The topological polar surface area (TPSA) is 66.5 Å². The first kappa shape index (κ1) is 17.2. The van der Waals surface area contributed by atoms with E-state index < -0.39 is 15.8 Å². The molecule has 23 heavy (non-hydrogen) atoms. The lowest BCUT2D eigenvalue weighted by Crippen LogP contribution is -2.26. The first-order valence-electron chi connectivity index (χ1n) is 6.48. The summed E-state index contributed by atoms with van der Waals surface area (Å²) >= 11 is 5.93. The Hall–Kier alpha value is -2.12. The van der Waals surface area contributed by atoms with Crippen molar-refractivity contribution in [2.24, 2.45) is 0 Å². The molecule has 0 aliphatic rings. The van der Waals surface area contributed by atoms with Crippen LogP contribution in [-0.4, -0.2) is 27.6 Å². The van der Waals surface area contributed by atoms with E-state index >= 15 is 0 Å². The number of hydrogen-bond acceptors (Lipinski definition) is 3. The molecule has 0 atom stereocenters. The van der Waals surface area contributed by atoms with E-state index in [4.69, 9.17) is 11.6 Å². The predicted molar refractivity (Wildman–Crippen MR) is 89.1 cm³/mol. The summed E-state index contributed by atoms with van der Waals surface area (Å²) in [4.78, 5) is 13.8. The van der Waals surface area contributed by atoms with Gasteiger partial charge >= 0.3 is 0 Å². The van der Waals surface area contributed by atoms with Crippen molar-refractivity contribution in [1.82, 2.24) is 0 Å². The normalized spacial score (nSPS) is 11.1. The van der Waals surface area contributed by atoms with Gasteiger partial charge in [-0.15, -0.1) is 0 Å². The van der Waals surface area contributed by atoms with Crippen LogP contribution < -0.4 is 9.62 Å². The van der Waals surface area contributed by atoms with Crippen molar-refractivity contribution in [3.8, 4) is 0 Å². The van der Waals surface area contributed by atoms with Gasteiger partial charge in [-0.1, -0.05) is 11.6 Å². The first-order valence-corrected chi connectivity index (χ1v) is 8.75. The molecule has 0 aliphatic heterocycles. The predicted octanol–water partition coefficient (Wildman–Crippen LogP) is 3.13. The third-order valence-corrected chi connectivity index (χ3v) is 3.95. The molecule has 1 N–H and O–H groups in total. The quantitative estimate of drug-likeness (QED) is 0.915. The fraction of sp³-hybridized carbons (Fsp3) is 0.133. The van der Waals surface area contributed by atoms with Gasteiger partial charge in [0, 0.05) is 18.3 Å². The molecule has 0 saturated heterocycles. The molecule has 0 spiro atoms. The lowest BCUT2D eigenvalue weighted by Gasteiger charge is -2.18. The zero-order valence-electron chi connectivity index (χ0n) is 12.4. The summed E-state index contributed by atoms with van der Waals surface area (Å²) in [6, 6.07) is 9.71. The van der Waals surface area contributed by atoms with Crippen LogP contribution in [0.1, 0.15) is 10.4 Å². The molecule has 2 rings (SSSR count). The highest BCUT2D eigenvalue weighted by molar-refractivity contribution is 7.92. The molecule has 0 bridgehead atoms. The van der Waals surface area contributed by atoms with Gasteiger partial charge in [0.2, 0.25) is 10.0 Å². The number of carbonyl (C=O) groups is 1. The fourth-order valence-electron chi connectivity index (χ4n) is 1.91. The van der Waals surface area contributed by atoms with Gasteiger partial charge in [-0.05, 0) is 42.5 Å². The molecule has 0 aromatic heterocycles. The minimum absolute atomic E-state index is 0.118. The average Bonchev–Trinajstić information content (AvgIpc) is 2.47. The molecule has 0 unspecified atom stereocenters. The second-order valence-electron chi connectivity index (χ2n) is 4.91. The van der Waals surface area contributed by atoms with Crippen LogP contribution in [0.15, 0.2) is 42.5 Å². The number of halogens is 2. The first-order chi connectivity index (χ1) is 10.7. The number of anilines is 2. The van der Waals surface area contributed by atoms with Crippen LogP contribution in [0.5, 0.6) is 0 Å². The van der Waals surface area contributed by atoms with Crippen LogP contribution in [0.2, 0.25) is 5.02 Å². The minimum Gasteiger partial charge on any atom is -0.311 e. The molecule has 5 nitrogen and oxygen atoms in total. The van der Waals surface area contributed by atoms with Crippen LogP contribution in [0.3, 0.4) is 0 Å². The van der Waals surface area contributed by atoms with E-state index in [2.05, 4.69) is 4.72 Å². The van der Waals surface area contributed by atoms with Crippen molar-refractivity contribution >= 4 is 38.9 Å². The van der Waals surface area contributed by atoms with Gasteiger partial charge in [0.1, 0.15) is 5.82 Å². The van der Waals surface area contributed by atoms with Crippen LogP contribution in [-0.2, 0) is 10.0 Å². The van der Waals surface area contributed by atoms with Crippen LogP contribution in [0, 0.1) is 5.82 Å². The average molecular weight is 357 g/mol. The maximum absolute atomic E-state index is 12.9. The van der Waals surface area contributed by atoms with Crippen LogP contribution in [0.4, 0.5) is 15.8 Å². The van der Waals surface area contributed by atoms with Gasteiger partial charge in [0.25, 0.3) is 5.91 Å². The lowest BCUT2D eigenvalue weighted by atomic mass is 10.1. The van der Waals surface area contributed by atoms with Crippen molar-refractivity contribution in [3.05, 3.63) is 58.9 Å². The standard InChI is InChI=1S/C15H14ClFN2O3S/c1-19(12-6-4-11(17)5-7-12)15(20)10-3-8-13(16)14(9-10)18-23(2,21)22/h3-9,18H,1-2H3. The molecular formula is C15H14ClFN2O3S. The molecule has 0 saturated carbocycles. The zero-order valence-corrected chi connectivity index (χ0v) is 14.0. The maximum Gasteiger partial charge on any atom is 0.258 e. The molecule has 122 valence electrons. The van der Waals surface area contributed by atoms with E-state index in [0.717, 1.165) is 6.26 Å². The summed E-state index contributed by atoms with van der Waals surface area (Å²) in [7, 11) is -1.98. The molecule has 2 aromatic rings. The van der Waals surface area contributed by atoms with E-state index in [9.17, 15) is 17.6 Å².